The number of carboxylic acids is 1. The molecule has 1 rings (SSSR count). The summed E-state index contributed by atoms with van der Waals surface area (Å²) < 4.78 is 23.3. The molecule has 0 atom stereocenters. The van der Waals surface area contributed by atoms with Gasteiger partial charge in [0.05, 0.1) is 12.8 Å². The predicted molar refractivity (Wildman–Crippen MR) is 78.5 cm³/mol. The van der Waals surface area contributed by atoms with Crippen LogP contribution in [0.5, 0.6) is 0 Å². The van der Waals surface area contributed by atoms with Gasteiger partial charge in [0, 0.05) is 19.2 Å². The average Bonchev–Trinajstić information content (AvgIpc) is 2.36. The molecule has 0 radical (unpaired) electrons. The molecule has 1 amide bonds. The Hall–Kier alpha value is -1.93. The van der Waals surface area contributed by atoms with E-state index in [1.165, 1.54) is 7.05 Å². The molecule has 8 heteroatoms. The molecule has 0 bridgehead atoms. The first-order valence-corrected chi connectivity index (χ1v) is 8.05. The fraction of sp³-hybridized carbons (Fsp3) is 0.385. The normalized spacial score (nSPS) is 11.4. The summed E-state index contributed by atoms with van der Waals surface area (Å²) in [6, 6.07) is 6.74. The first-order chi connectivity index (χ1) is 9.68. The van der Waals surface area contributed by atoms with Gasteiger partial charge < -0.3 is 10.4 Å². The minimum Gasteiger partial charge on any atom is -0.481 e. The van der Waals surface area contributed by atoms with E-state index in [0.717, 1.165) is 16.1 Å². The summed E-state index contributed by atoms with van der Waals surface area (Å²) in [5, 5.41) is 11.2. The van der Waals surface area contributed by atoms with Gasteiger partial charge in [0.1, 0.15) is 0 Å². The molecular formula is C13H18N2O5S. The Morgan fingerprint density at radius 2 is 1.81 bits per heavy atom. The summed E-state index contributed by atoms with van der Waals surface area (Å²) in [7, 11) is -2.07. The third kappa shape index (κ3) is 6.37. The number of carboxylic acid groups (broad SMARTS) is 1. The van der Waals surface area contributed by atoms with Crippen LogP contribution in [0.1, 0.15) is 12.0 Å². The quantitative estimate of drug-likeness (QED) is 0.764. The topological polar surface area (TPSA) is 104 Å². The fourth-order valence-electron chi connectivity index (χ4n) is 1.53. The lowest BCUT2D eigenvalue weighted by Crippen LogP contribution is -2.34. The van der Waals surface area contributed by atoms with Crippen LogP contribution in [0.2, 0.25) is 0 Å². The van der Waals surface area contributed by atoms with Crippen LogP contribution in [0.3, 0.4) is 0 Å². The molecule has 116 valence electrons. The largest absolute Gasteiger partial charge is 0.481 e. The Balaban J connectivity index is 2.55. The van der Waals surface area contributed by atoms with Crippen molar-refractivity contribution >= 4 is 27.6 Å². The SMILES string of the molecule is CN(CC(=O)Nc1ccc(CCC(=O)O)cc1)S(C)(=O)=O. The highest BCUT2D eigenvalue weighted by Crippen LogP contribution is 2.11. The fourth-order valence-corrected chi connectivity index (χ4v) is 1.88. The van der Waals surface area contributed by atoms with Gasteiger partial charge in [-0.05, 0) is 24.1 Å². The number of nitrogens with one attached hydrogen (secondary N) is 1. The van der Waals surface area contributed by atoms with Crippen LogP contribution in [0.25, 0.3) is 0 Å². The molecule has 7 nitrogen and oxygen atoms in total. The number of benzene rings is 1. The number of nitrogens with zero attached hydrogens (tertiary/aromatic N) is 1. The maximum atomic E-state index is 11.7. The van der Waals surface area contributed by atoms with Gasteiger partial charge in [-0.1, -0.05) is 12.1 Å². The Kier molecular flexibility index (Phi) is 5.86. The minimum absolute atomic E-state index is 0.0465. The van der Waals surface area contributed by atoms with Crippen molar-refractivity contribution in [1.82, 2.24) is 4.31 Å². The molecule has 0 heterocycles. The maximum absolute atomic E-state index is 11.7. The molecule has 0 aliphatic carbocycles. The Morgan fingerprint density at radius 3 is 2.29 bits per heavy atom. The van der Waals surface area contributed by atoms with E-state index >= 15 is 0 Å². The van der Waals surface area contributed by atoms with E-state index in [1.54, 1.807) is 24.3 Å². The lowest BCUT2D eigenvalue weighted by atomic mass is 10.1. The molecular weight excluding hydrogens is 296 g/mol. The number of rotatable bonds is 7. The molecule has 0 fully saturated rings. The van der Waals surface area contributed by atoms with Gasteiger partial charge in [-0.2, -0.15) is 4.31 Å². The Morgan fingerprint density at radius 1 is 1.24 bits per heavy atom. The molecule has 1 aromatic rings. The number of likely N-dealkylation sites (N-methyl/N-ethyl adjacent to an activating group) is 1. The van der Waals surface area contributed by atoms with E-state index in [2.05, 4.69) is 5.32 Å². The van der Waals surface area contributed by atoms with Crippen molar-refractivity contribution in [3.05, 3.63) is 29.8 Å². The van der Waals surface area contributed by atoms with E-state index in [9.17, 15) is 18.0 Å². The van der Waals surface area contributed by atoms with Crippen molar-refractivity contribution in [1.29, 1.82) is 0 Å². The number of aliphatic carboxylic acids is 1. The molecule has 0 aromatic heterocycles. The van der Waals surface area contributed by atoms with Crippen molar-refractivity contribution in [2.75, 3.05) is 25.2 Å². The molecule has 0 spiro atoms. The van der Waals surface area contributed by atoms with Crippen LogP contribution in [0.4, 0.5) is 5.69 Å². The monoisotopic (exact) mass is 314 g/mol. The zero-order chi connectivity index (χ0) is 16.0. The second-order valence-corrected chi connectivity index (χ2v) is 6.75. The summed E-state index contributed by atoms with van der Waals surface area (Å²) in [5.41, 5.74) is 1.38. The van der Waals surface area contributed by atoms with Gasteiger partial charge in [-0.3, -0.25) is 9.59 Å². The van der Waals surface area contributed by atoms with E-state index in [4.69, 9.17) is 5.11 Å². The van der Waals surface area contributed by atoms with Gasteiger partial charge in [-0.15, -0.1) is 0 Å². The number of aryl methyl sites for hydroxylation is 1. The van der Waals surface area contributed by atoms with Gasteiger partial charge in [-0.25, -0.2) is 8.42 Å². The molecule has 2 N–H and O–H groups in total. The minimum atomic E-state index is -3.40. The molecule has 0 unspecified atom stereocenters. The van der Waals surface area contributed by atoms with Gasteiger partial charge in [0.15, 0.2) is 0 Å². The van der Waals surface area contributed by atoms with E-state index in [0.29, 0.717) is 12.1 Å². The molecule has 21 heavy (non-hydrogen) atoms. The van der Waals surface area contributed by atoms with Gasteiger partial charge in [0.2, 0.25) is 15.9 Å². The average molecular weight is 314 g/mol. The molecule has 0 saturated carbocycles. The van der Waals surface area contributed by atoms with Crippen molar-refractivity contribution in [2.45, 2.75) is 12.8 Å². The van der Waals surface area contributed by atoms with Crippen molar-refractivity contribution in [3.63, 3.8) is 0 Å². The number of carbonyl (C=O) groups excluding carboxylic acids is 1. The highest BCUT2D eigenvalue weighted by Gasteiger charge is 2.15. The molecule has 0 aliphatic heterocycles. The highest BCUT2D eigenvalue weighted by atomic mass is 32.2. The zero-order valence-electron chi connectivity index (χ0n) is 11.9. The van der Waals surface area contributed by atoms with E-state index < -0.39 is 21.9 Å². The second-order valence-electron chi connectivity index (χ2n) is 4.66. The number of amides is 1. The summed E-state index contributed by atoms with van der Waals surface area (Å²) >= 11 is 0. The predicted octanol–water partition coefficient (Wildman–Crippen LogP) is 0.534. The molecule has 1 aromatic carbocycles. The van der Waals surface area contributed by atoms with Crippen LogP contribution in [-0.2, 0) is 26.0 Å². The molecule has 0 aliphatic rings. The number of anilines is 1. The third-order valence-corrected chi connectivity index (χ3v) is 4.06. The number of sulfonamides is 1. The van der Waals surface area contributed by atoms with Crippen LogP contribution in [-0.4, -0.2) is 49.6 Å². The van der Waals surface area contributed by atoms with Crippen LogP contribution < -0.4 is 5.32 Å². The highest BCUT2D eigenvalue weighted by molar-refractivity contribution is 7.88. The summed E-state index contributed by atoms with van der Waals surface area (Å²) in [6.45, 7) is -0.264. The lowest BCUT2D eigenvalue weighted by Gasteiger charge is -2.13. The summed E-state index contributed by atoms with van der Waals surface area (Å²) in [5.74, 6) is -1.31. The smallest absolute Gasteiger partial charge is 0.303 e. The first-order valence-electron chi connectivity index (χ1n) is 6.20. The van der Waals surface area contributed by atoms with Gasteiger partial charge >= 0.3 is 5.97 Å². The summed E-state index contributed by atoms with van der Waals surface area (Å²) in [6.07, 6.45) is 1.49. The van der Waals surface area contributed by atoms with Crippen LogP contribution >= 0.6 is 0 Å². The summed E-state index contributed by atoms with van der Waals surface area (Å²) in [4.78, 5) is 22.1. The van der Waals surface area contributed by atoms with E-state index in [-0.39, 0.29) is 13.0 Å². The van der Waals surface area contributed by atoms with Gasteiger partial charge in [0.25, 0.3) is 0 Å². The first kappa shape index (κ1) is 17.1. The lowest BCUT2D eigenvalue weighted by molar-refractivity contribution is -0.137. The second kappa shape index (κ2) is 7.19. The number of carbonyl (C=O) groups is 2. The zero-order valence-corrected chi connectivity index (χ0v) is 12.7. The molecule has 0 saturated heterocycles. The third-order valence-electron chi connectivity index (χ3n) is 2.80. The van der Waals surface area contributed by atoms with E-state index in [1.807, 2.05) is 0 Å². The number of hydrogen-bond donors (Lipinski definition) is 2. The van der Waals surface area contributed by atoms with Crippen LogP contribution in [0, 0.1) is 0 Å². The Bertz CT molecular complexity index is 610. The standard InChI is InChI=1S/C13H18N2O5S/c1-15(21(2,19)20)9-12(16)14-11-6-3-10(4-7-11)5-8-13(17)18/h3-4,6-7H,5,8-9H2,1-2H3,(H,14,16)(H,17,18). The van der Waals surface area contributed by atoms with Crippen molar-refractivity contribution in [2.24, 2.45) is 0 Å². The maximum Gasteiger partial charge on any atom is 0.303 e. The van der Waals surface area contributed by atoms with Crippen LogP contribution in [0.15, 0.2) is 24.3 Å². The Labute approximate surface area is 123 Å². The number of hydrogen-bond acceptors (Lipinski definition) is 4. The van der Waals surface area contributed by atoms with Crippen molar-refractivity contribution in [3.8, 4) is 0 Å². The van der Waals surface area contributed by atoms with Crippen molar-refractivity contribution < 1.29 is 23.1 Å².